The van der Waals surface area contributed by atoms with Gasteiger partial charge in [-0.3, -0.25) is 0 Å². The van der Waals surface area contributed by atoms with Crippen LogP contribution < -0.4 is 0 Å². The maximum absolute atomic E-state index is 2.52. The molecule has 0 fully saturated rings. The molecule has 0 saturated heterocycles. The first kappa shape index (κ1) is 10.5. The number of hydrogen-bond donors (Lipinski definition) is 0. The first-order valence-electron chi connectivity index (χ1n) is 3.94. The van der Waals surface area contributed by atoms with E-state index in [0.717, 1.165) is 3.92 Å². The Bertz CT molecular complexity index is 101. The molecule has 10 heavy (non-hydrogen) atoms. The van der Waals surface area contributed by atoms with Crippen molar-refractivity contribution in [3.05, 3.63) is 11.6 Å². The van der Waals surface area contributed by atoms with E-state index in [2.05, 4.69) is 49.4 Å². The molecule has 0 saturated carbocycles. The molecule has 0 heterocycles. The number of allylic oxidation sites excluding steroid dienone is 2. The predicted molar refractivity (Wildman–Crippen MR) is 56.8 cm³/mol. The molecule has 0 radical (unpaired) electrons. The molecule has 0 spiro atoms. The van der Waals surface area contributed by atoms with Gasteiger partial charge in [-0.2, -0.15) is 0 Å². The molecular weight excluding hydrogens is 235 g/mol. The van der Waals surface area contributed by atoms with Crippen LogP contribution in [0.1, 0.15) is 40.0 Å². The molecule has 1 atom stereocenters. The first-order chi connectivity index (χ1) is 4.66. The van der Waals surface area contributed by atoms with Gasteiger partial charge in [-0.05, 0) is 33.1 Å². The third kappa shape index (κ3) is 6.59. The highest BCUT2D eigenvalue weighted by Gasteiger charge is 1.96. The largest absolute Gasteiger partial charge is 0.0859 e. The van der Waals surface area contributed by atoms with Crippen molar-refractivity contribution in [3.63, 3.8) is 0 Å². The molecule has 0 N–H and O–H groups in total. The Morgan fingerprint density at radius 1 is 1.50 bits per heavy atom. The van der Waals surface area contributed by atoms with E-state index in [1.54, 1.807) is 0 Å². The highest BCUT2D eigenvalue weighted by atomic mass is 127. The van der Waals surface area contributed by atoms with Gasteiger partial charge in [0.2, 0.25) is 0 Å². The zero-order valence-corrected chi connectivity index (χ0v) is 9.31. The molecule has 0 rings (SSSR count). The molecule has 1 unspecified atom stereocenters. The van der Waals surface area contributed by atoms with Gasteiger partial charge in [0.05, 0.1) is 0 Å². The molecule has 0 aromatic carbocycles. The third-order valence-electron chi connectivity index (χ3n) is 1.48. The van der Waals surface area contributed by atoms with E-state index in [0.29, 0.717) is 0 Å². The maximum Gasteiger partial charge on any atom is 0.0110 e. The monoisotopic (exact) mass is 252 g/mol. The van der Waals surface area contributed by atoms with Gasteiger partial charge in [-0.1, -0.05) is 41.2 Å². The van der Waals surface area contributed by atoms with Crippen molar-refractivity contribution < 1.29 is 0 Å². The molecule has 0 aliphatic heterocycles. The van der Waals surface area contributed by atoms with Crippen LogP contribution in [0.25, 0.3) is 0 Å². The number of rotatable bonds is 4. The van der Waals surface area contributed by atoms with Crippen LogP contribution in [-0.2, 0) is 0 Å². The number of hydrogen-bond acceptors (Lipinski definition) is 0. The minimum absolute atomic E-state index is 0.869. The van der Waals surface area contributed by atoms with Gasteiger partial charge >= 0.3 is 0 Å². The standard InChI is InChI=1S/C9H17I/c1-4-9(10)7-5-6-8(2)3/h6,9H,4-5,7H2,1-3H3. The van der Waals surface area contributed by atoms with Gasteiger partial charge in [0.25, 0.3) is 0 Å². The van der Waals surface area contributed by atoms with Crippen LogP contribution in [0.3, 0.4) is 0 Å². The first-order valence-corrected chi connectivity index (χ1v) is 5.18. The van der Waals surface area contributed by atoms with Crippen molar-refractivity contribution in [3.8, 4) is 0 Å². The molecule has 0 aliphatic rings. The van der Waals surface area contributed by atoms with Crippen molar-refractivity contribution in [2.24, 2.45) is 0 Å². The summed E-state index contributed by atoms with van der Waals surface area (Å²) >= 11 is 2.52. The second-order valence-corrected chi connectivity index (χ2v) is 4.63. The summed E-state index contributed by atoms with van der Waals surface area (Å²) in [5.74, 6) is 0. The van der Waals surface area contributed by atoms with Crippen LogP contribution in [0.5, 0.6) is 0 Å². The lowest BCUT2D eigenvalue weighted by Crippen LogP contribution is -1.92. The Hall–Kier alpha value is 0.470. The smallest absolute Gasteiger partial charge is 0.0110 e. The fourth-order valence-electron chi connectivity index (χ4n) is 0.757. The molecule has 0 aliphatic carbocycles. The summed E-state index contributed by atoms with van der Waals surface area (Å²) in [5.41, 5.74) is 1.44. The fourth-order valence-corrected chi connectivity index (χ4v) is 1.12. The molecule has 60 valence electrons. The van der Waals surface area contributed by atoms with E-state index in [4.69, 9.17) is 0 Å². The molecule has 0 aromatic rings. The van der Waals surface area contributed by atoms with Gasteiger partial charge in [0.15, 0.2) is 0 Å². The van der Waals surface area contributed by atoms with Gasteiger partial charge in [-0.15, -0.1) is 0 Å². The van der Waals surface area contributed by atoms with Crippen molar-refractivity contribution in [2.45, 2.75) is 44.0 Å². The van der Waals surface area contributed by atoms with Crippen molar-refractivity contribution >= 4 is 22.6 Å². The zero-order valence-electron chi connectivity index (χ0n) is 7.15. The van der Waals surface area contributed by atoms with E-state index in [1.165, 1.54) is 24.8 Å². The summed E-state index contributed by atoms with van der Waals surface area (Å²) in [6.07, 6.45) is 6.21. The average Bonchev–Trinajstić information content (AvgIpc) is 1.87. The Morgan fingerprint density at radius 3 is 2.50 bits per heavy atom. The van der Waals surface area contributed by atoms with E-state index in [9.17, 15) is 0 Å². The minimum Gasteiger partial charge on any atom is -0.0859 e. The minimum atomic E-state index is 0.869. The highest BCUT2D eigenvalue weighted by molar-refractivity contribution is 14.1. The lowest BCUT2D eigenvalue weighted by atomic mass is 10.1. The SMILES string of the molecule is CCC(I)CCC=C(C)C. The van der Waals surface area contributed by atoms with Gasteiger partial charge < -0.3 is 0 Å². The fraction of sp³-hybridized carbons (Fsp3) is 0.778. The summed E-state index contributed by atoms with van der Waals surface area (Å²) < 4.78 is 0.869. The van der Waals surface area contributed by atoms with Crippen LogP contribution in [0.4, 0.5) is 0 Å². The molecule has 0 bridgehead atoms. The molecule has 1 heteroatoms. The Kier molecular flexibility index (Phi) is 6.49. The third-order valence-corrected chi connectivity index (χ3v) is 2.98. The normalized spacial score (nSPS) is 12.8. The maximum atomic E-state index is 2.52. The Morgan fingerprint density at radius 2 is 2.10 bits per heavy atom. The van der Waals surface area contributed by atoms with Crippen LogP contribution in [0, 0.1) is 0 Å². The summed E-state index contributed by atoms with van der Waals surface area (Å²) in [5, 5.41) is 0. The number of alkyl halides is 1. The van der Waals surface area contributed by atoms with Crippen molar-refractivity contribution in [2.75, 3.05) is 0 Å². The number of halogens is 1. The van der Waals surface area contributed by atoms with Gasteiger partial charge in [0, 0.05) is 3.92 Å². The Labute approximate surface area is 78.2 Å². The lowest BCUT2D eigenvalue weighted by molar-refractivity contribution is 0.770. The molecule has 0 nitrogen and oxygen atoms in total. The quantitative estimate of drug-likeness (QED) is 0.404. The van der Waals surface area contributed by atoms with Crippen molar-refractivity contribution in [1.82, 2.24) is 0 Å². The second-order valence-electron chi connectivity index (χ2n) is 2.86. The van der Waals surface area contributed by atoms with Crippen LogP contribution in [0.15, 0.2) is 11.6 Å². The lowest BCUT2D eigenvalue weighted by Gasteiger charge is -2.02. The van der Waals surface area contributed by atoms with Crippen molar-refractivity contribution in [1.29, 1.82) is 0 Å². The van der Waals surface area contributed by atoms with Crippen LogP contribution >= 0.6 is 22.6 Å². The van der Waals surface area contributed by atoms with Gasteiger partial charge in [0.1, 0.15) is 0 Å². The summed E-state index contributed by atoms with van der Waals surface area (Å²) in [6, 6.07) is 0. The summed E-state index contributed by atoms with van der Waals surface area (Å²) in [6.45, 7) is 6.57. The van der Waals surface area contributed by atoms with Gasteiger partial charge in [-0.25, -0.2) is 0 Å². The molecule has 0 aromatic heterocycles. The van der Waals surface area contributed by atoms with E-state index in [-0.39, 0.29) is 0 Å². The highest BCUT2D eigenvalue weighted by Crippen LogP contribution is 2.13. The zero-order chi connectivity index (χ0) is 7.98. The second kappa shape index (κ2) is 6.20. The molecule has 0 amide bonds. The average molecular weight is 252 g/mol. The topological polar surface area (TPSA) is 0 Å². The van der Waals surface area contributed by atoms with Crippen LogP contribution in [0.2, 0.25) is 0 Å². The predicted octanol–water partition coefficient (Wildman–Crippen LogP) is 3.95. The summed E-state index contributed by atoms with van der Waals surface area (Å²) in [7, 11) is 0. The van der Waals surface area contributed by atoms with E-state index in [1.807, 2.05) is 0 Å². The Balaban J connectivity index is 3.28. The van der Waals surface area contributed by atoms with E-state index >= 15 is 0 Å². The van der Waals surface area contributed by atoms with E-state index < -0.39 is 0 Å². The molecular formula is C9H17I. The van der Waals surface area contributed by atoms with Crippen LogP contribution in [-0.4, -0.2) is 3.92 Å². The summed E-state index contributed by atoms with van der Waals surface area (Å²) in [4.78, 5) is 0.